The minimum Gasteiger partial charge on any atom is -0.356 e. The topological polar surface area (TPSA) is 55.1 Å². The normalized spacial score (nSPS) is 25.6. The van der Waals surface area contributed by atoms with Crippen LogP contribution in [0.3, 0.4) is 0 Å². The van der Waals surface area contributed by atoms with Crippen LogP contribution in [0.1, 0.15) is 59.3 Å². The zero-order valence-electron chi connectivity index (χ0n) is 11.6. The summed E-state index contributed by atoms with van der Waals surface area (Å²) in [6.45, 7) is 7.16. The zero-order valence-corrected chi connectivity index (χ0v) is 11.6. The SMILES string of the molecule is CC(C)(C)CNC(=O)CCC1CCCC(N)C1. The van der Waals surface area contributed by atoms with Crippen molar-refractivity contribution < 1.29 is 4.79 Å². The van der Waals surface area contributed by atoms with Crippen molar-refractivity contribution in [1.29, 1.82) is 0 Å². The van der Waals surface area contributed by atoms with Gasteiger partial charge < -0.3 is 11.1 Å². The van der Waals surface area contributed by atoms with Gasteiger partial charge in [-0.25, -0.2) is 0 Å². The lowest BCUT2D eigenvalue weighted by molar-refractivity contribution is -0.121. The zero-order chi connectivity index (χ0) is 12.9. The molecule has 0 aliphatic heterocycles. The van der Waals surface area contributed by atoms with Gasteiger partial charge in [-0.2, -0.15) is 0 Å². The minimum atomic E-state index is 0.169. The molecule has 3 heteroatoms. The van der Waals surface area contributed by atoms with Crippen LogP contribution in [0.5, 0.6) is 0 Å². The molecule has 1 aliphatic rings. The second-order valence-electron chi connectivity index (χ2n) is 6.67. The van der Waals surface area contributed by atoms with Gasteiger partial charge in [0, 0.05) is 19.0 Å². The third-order valence-electron chi connectivity index (χ3n) is 3.42. The van der Waals surface area contributed by atoms with Crippen LogP contribution in [0.15, 0.2) is 0 Å². The Morgan fingerprint density at radius 3 is 2.65 bits per heavy atom. The molecule has 1 rings (SSSR count). The van der Waals surface area contributed by atoms with Gasteiger partial charge in [-0.05, 0) is 30.6 Å². The maximum atomic E-state index is 11.7. The molecule has 1 fully saturated rings. The summed E-state index contributed by atoms with van der Waals surface area (Å²) in [6, 6.07) is 0.367. The fraction of sp³-hybridized carbons (Fsp3) is 0.929. The number of nitrogens with two attached hydrogens (primary N) is 1. The van der Waals surface area contributed by atoms with Crippen LogP contribution in [0.4, 0.5) is 0 Å². The largest absolute Gasteiger partial charge is 0.356 e. The molecule has 0 radical (unpaired) electrons. The smallest absolute Gasteiger partial charge is 0.220 e. The summed E-state index contributed by atoms with van der Waals surface area (Å²) in [5.41, 5.74) is 6.12. The molecule has 2 atom stereocenters. The summed E-state index contributed by atoms with van der Waals surface area (Å²) >= 11 is 0. The van der Waals surface area contributed by atoms with E-state index in [0.717, 1.165) is 25.8 Å². The third kappa shape index (κ3) is 6.67. The first kappa shape index (κ1) is 14.5. The summed E-state index contributed by atoms with van der Waals surface area (Å²) in [5, 5.41) is 3.00. The summed E-state index contributed by atoms with van der Waals surface area (Å²) in [4.78, 5) is 11.7. The van der Waals surface area contributed by atoms with Crippen molar-refractivity contribution in [2.75, 3.05) is 6.54 Å². The lowest BCUT2D eigenvalue weighted by Gasteiger charge is -2.26. The maximum Gasteiger partial charge on any atom is 0.220 e. The fourth-order valence-corrected chi connectivity index (χ4v) is 2.38. The molecule has 1 aliphatic carbocycles. The van der Waals surface area contributed by atoms with Crippen molar-refractivity contribution in [3.05, 3.63) is 0 Å². The van der Waals surface area contributed by atoms with Crippen LogP contribution >= 0.6 is 0 Å². The van der Waals surface area contributed by atoms with Crippen LogP contribution in [-0.4, -0.2) is 18.5 Å². The predicted octanol–water partition coefficient (Wildman–Crippen LogP) is 2.45. The van der Waals surface area contributed by atoms with E-state index in [2.05, 4.69) is 26.1 Å². The van der Waals surface area contributed by atoms with Crippen molar-refractivity contribution in [3.8, 4) is 0 Å². The standard InChI is InChI=1S/C14H28N2O/c1-14(2,3)10-16-13(17)8-7-11-5-4-6-12(15)9-11/h11-12H,4-10,15H2,1-3H3,(H,16,17). The summed E-state index contributed by atoms with van der Waals surface area (Å²) < 4.78 is 0. The van der Waals surface area contributed by atoms with E-state index in [1.807, 2.05) is 0 Å². The Morgan fingerprint density at radius 1 is 1.35 bits per heavy atom. The first-order valence-electron chi connectivity index (χ1n) is 6.89. The number of nitrogens with one attached hydrogen (secondary N) is 1. The molecule has 0 saturated heterocycles. The van der Waals surface area contributed by atoms with Gasteiger partial charge in [-0.3, -0.25) is 4.79 Å². The monoisotopic (exact) mass is 240 g/mol. The number of hydrogen-bond acceptors (Lipinski definition) is 2. The second kappa shape index (κ2) is 6.39. The predicted molar refractivity (Wildman–Crippen MR) is 71.6 cm³/mol. The molecule has 0 spiro atoms. The average molecular weight is 240 g/mol. The molecule has 1 saturated carbocycles. The number of amides is 1. The van der Waals surface area contributed by atoms with Gasteiger partial charge in [-0.1, -0.05) is 33.6 Å². The van der Waals surface area contributed by atoms with Crippen LogP contribution in [0, 0.1) is 11.3 Å². The summed E-state index contributed by atoms with van der Waals surface area (Å²) in [7, 11) is 0. The Hall–Kier alpha value is -0.570. The summed E-state index contributed by atoms with van der Waals surface area (Å²) in [5.74, 6) is 0.859. The van der Waals surface area contributed by atoms with Crippen molar-refractivity contribution in [1.82, 2.24) is 5.32 Å². The molecule has 0 heterocycles. The molecular formula is C14H28N2O. The van der Waals surface area contributed by atoms with E-state index in [1.54, 1.807) is 0 Å². The van der Waals surface area contributed by atoms with Crippen LogP contribution < -0.4 is 11.1 Å². The van der Waals surface area contributed by atoms with Gasteiger partial charge >= 0.3 is 0 Å². The Labute approximate surface area is 106 Å². The molecule has 0 aromatic rings. The van der Waals surface area contributed by atoms with Crippen LogP contribution in [0.25, 0.3) is 0 Å². The first-order chi connectivity index (χ1) is 7.87. The van der Waals surface area contributed by atoms with Crippen molar-refractivity contribution >= 4 is 5.91 Å². The Bertz CT molecular complexity index is 245. The average Bonchev–Trinajstić information content (AvgIpc) is 2.23. The lowest BCUT2D eigenvalue weighted by atomic mass is 9.83. The van der Waals surface area contributed by atoms with Gasteiger partial charge in [0.2, 0.25) is 5.91 Å². The Balaban J connectivity index is 2.15. The molecular weight excluding hydrogens is 212 g/mol. The molecule has 2 unspecified atom stereocenters. The number of carbonyl (C=O) groups excluding carboxylic acids is 1. The molecule has 3 N–H and O–H groups in total. The molecule has 17 heavy (non-hydrogen) atoms. The van der Waals surface area contributed by atoms with Crippen molar-refractivity contribution in [2.45, 2.75) is 65.3 Å². The summed E-state index contributed by atoms with van der Waals surface area (Å²) in [6.07, 6.45) is 6.41. The molecule has 100 valence electrons. The number of rotatable bonds is 4. The molecule has 1 amide bonds. The number of hydrogen-bond donors (Lipinski definition) is 2. The van der Waals surface area contributed by atoms with E-state index in [0.29, 0.717) is 18.4 Å². The van der Waals surface area contributed by atoms with Crippen molar-refractivity contribution in [3.63, 3.8) is 0 Å². The van der Waals surface area contributed by atoms with Crippen molar-refractivity contribution in [2.24, 2.45) is 17.1 Å². The molecule has 0 bridgehead atoms. The van der Waals surface area contributed by atoms with E-state index in [-0.39, 0.29) is 11.3 Å². The first-order valence-corrected chi connectivity index (χ1v) is 6.89. The fourth-order valence-electron chi connectivity index (χ4n) is 2.38. The highest BCUT2D eigenvalue weighted by Crippen LogP contribution is 2.26. The highest BCUT2D eigenvalue weighted by atomic mass is 16.1. The van der Waals surface area contributed by atoms with E-state index in [4.69, 9.17) is 5.73 Å². The third-order valence-corrected chi connectivity index (χ3v) is 3.42. The quantitative estimate of drug-likeness (QED) is 0.793. The van der Waals surface area contributed by atoms with Gasteiger partial charge in [-0.15, -0.1) is 0 Å². The van der Waals surface area contributed by atoms with E-state index >= 15 is 0 Å². The molecule has 3 nitrogen and oxygen atoms in total. The second-order valence-corrected chi connectivity index (χ2v) is 6.67. The van der Waals surface area contributed by atoms with Crippen LogP contribution in [-0.2, 0) is 4.79 Å². The van der Waals surface area contributed by atoms with Gasteiger partial charge in [0.25, 0.3) is 0 Å². The van der Waals surface area contributed by atoms with E-state index in [9.17, 15) is 4.79 Å². The maximum absolute atomic E-state index is 11.7. The lowest BCUT2D eigenvalue weighted by Crippen LogP contribution is -2.33. The van der Waals surface area contributed by atoms with Crippen LogP contribution in [0.2, 0.25) is 0 Å². The van der Waals surface area contributed by atoms with Gasteiger partial charge in [0.05, 0.1) is 0 Å². The molecule has 0 aromatic heterocycles. The van der Waals surface area contributed by atoms with Gasteiger partial charge in [0.15, 0.2) is 0 Å². The Kier molecular flexibility index (Phi) is 5.44. The van der Waals surface area contributed by atoms with E-state index in [1.165, 1.54) is 12.8 Å². The van der Waals surface area contributed by atoms with Gasteiger partial charge in [0.1, 0.15) is 0 Å². The van der Waals surface area contributed by atoms with E-state index < -0.39 is 0 Å². The molecule has 0 aromatic carbocycles. The number of carbonyl (C=O) groups is 1. The minimum absolute atomic E-state index is 0.169. The highest BCUT2D eigenvalue weighted by molar-refractivity contribution is 5.75. The highest BCUT2D eigenvalue weighted by Gasteiger charge is 2.20. The Morgan fingerprint density at radius 2 is 2.06 bits per heavy atom.